The van der Waals surface area contributed by atoms with E-state index < -0.39 is 34.7 Å². The van der Waals surface area contributed by atoms with Crippen LogP contribution >= 0.6 is 11.6 Å². The first-order valence-electron chi connectivity index (χ1n) is 4.87. The Kier molecular flexibility index (Phi) is 4.33. The average molecular weight is 284 g/mol. The number of anilines is 1. The maximum absolute atomic E-state index is 12.4. The fourth-order valence-corrected chi connectivity index (χ4v) is 1.10. The third-order valence-corrected chi connectivity index (χ3v) is 2.42. The molecule has 0 bridgehead atoms. The Bertz CT molecular complexity index is 501. The summed E-state index contributed by atoms with van der Waals surface area (Å²) >= 11 is 5.58. The van der Waals surface area contributed by atoms with Crippen molar-refractivity contribution >= 4 is 23.5 Å². The molecular weight excluding hydrogens is 275 g/mol. The number of alkyl halides is 4. The Labute approximate surface area is 104 Å². The number of amides is 1. The number of hydrogen-bond acceptors (Lipinski definition) is 3. The number of nitrogens with one attached hydrogen (secondary N) is 2. The van der Waals surface area contributed by atoms with Crippen LogP contribution in [0.3, 0.4) is 0 Å². The molecule has 2 N–H and O–H groups in total. The minimum absolute atomic E-state index is 0.288. The average Bonchev–Trinajstić information content (AvgIpc) is 2.25. The van der Waals surface area contributed by atoms with Gasteiger partial charge in [0.1, 0.15) is 5.38 Å². The highest BCUT2D eigenvalue weighted by atomic mass is 35.5. The van der Waals surface area contributed by atoms with Crippen LogP contribution in [0, 0.1) is 0 Å². The Morgan fingerprint density at radius 1 is 1.61 bits per heavy atom. The van der Waals surface area contributed by atoms with Crippen LogP contribution < -0.4 is 10.9 Å². The molecule has 1 heterocycles. The molecule has 1 rings (SSSR count). The van der Waals surface area contributed by atoms with Crippen LogP contribution in [0.25, 0.3) is 0 Å². The molecule has 0 aliphatic carbocycles. The van der Waals surface area contributed by atoms with E-state index >= 15 is 0 Å². The van der Waals surface area contributed by atoms with Crippen molar-refractivity contribution in [3.8, 4) is 0 Å². The Morgan fingerprint density at radius 2 is 2.22 bits per heavy atom. The lowest BCUT2D eigenvalue weighted by Gasteiger charge is -2.09. The summed E-state index contributed by atoms with van der Waals surface area (Å²) in [6.07, 6.45) is -4.48. The molecule has 1 unspecified atom stereocenters. The smallest absolute Gasteiger partial charge is 0.295 e. The molecule has 0 aliphatic rings. The molecule has 0 spiro atoms. The van der Waals surface area contributed by atoms with Crippen LogP contribution in [0.5, 0.6) is 0 Å². The zero-order chi connectivity index (χ0) is 13.9. The van der Waals surface area contributed by atoms with Crippen molar-refractivity contribution in [2.45, 2.75) is 24.9 Å². The van der Waals surface area contributed by atoms with Gasteiger partial charge in [0, 0.05) is 6.07 Å². The number of H-pyrrole nitrogens is 1. The van der Waals surface area contributed by atoms with E-state index in [0.29, 0.717) is 6.07 Å². The van der Waals surface area contributed by atoms with E-state index in [0.717, 1.165) is 0 Å². The molecule has 0 fully saturated rings. The van der Waals surface area contributed by atoms with Gasteiger partial charge in [0.05, 0.1) is 0 Å². The maximum Gasteiger partial charge on any atom is 0.433 e. The van der Waals surface area contributed by atoms with Gasteiger partial charge in [0.2, 0.25) is 11.9 Å². The van der Waals surface area contributed by atoms with Crippen molar-refractivity contribution in [1.29, 1.82) is 0 Å². The van der Waals surface area contributed by atoms with Crippen molar-refractivity contribution in [2.24, 2.45) is 0 Å². The fourth-order valence-electron chi connectivity index (χ4n) is 1.04. The van der Waals surface area contributed by atoms with Crippen LogP contribution in [0.2, 0.25) is 0 Å². The van der Waals surface area contributed by atoms with Crippen LogP contribution in [0.15, 0.2) is 10.9 Å². The molecule has 9 heteroatoms. The number of halogens is 4. The molecule has 1 aromatic rings. The number of nitrogens with zero attached hydrogens (tertiary/aromatic N) is 1. The van der Waals surface area contributed by atoms with Gasteiger partial charge in [-0.05, 0) is 6.42 Å². The third-order valence-electron chi connectivity index (χ3n) is 1.92. The summed E-state index contributed by atoms with van der Waals surface area (Å²) in [5.41, 5.74) is -2.40. The van der Waals surface area contributed by atoms with Crippen molar-refractivity contribution in [1.82, 2.24) is 9.97 Å². The lowest BCUT2D eigenvalue weighted by Crippen LogP contribution is -2.26. The monoisotopic (exact) mass is 283 g/mol. The first-order chi connectivity index (χ1) is 8.24. The molecule has 100 valence electrons. The predicted octanol–water partition coefficient (Wildman–Crippen LogP) is 1.74. The van der Waals surface area contributed by atoms with Gasteiger partial charge in [-0.1, -0.05) is 6.92 Å². The molecule has 0 saturated carbocycles. The number of aromatic nitrogens is 2. The molecule has 0 saturated heterocycles. The second-order valence-corrected chi connectivity index (χ2v) is 3.87. The number of carbonyl (C=O) groups excluding carboxylic acids is 1. The molecule has 0 aromatic carbocycles. The van der Waals surface area contributed by atoms with Gasteiger partial charge in [-0.3, -0.25) is 19.9 Å². The lowest BCUT2D eigenvalue weighted by atomic mass is 10.3. The van der Waals surface area contributed by atoms with E-state index in [4.69, 9.17) is 11.6 Å². The van der Waals surface area contributed by atoms with Gasteiger partial charge in [-0.15, -0.1) is 11.6 Å². The normalized spacial score (nSPS) is 13.2. The highest BCUT2D eigenvalue weighted by Gasteiger charge is 2.33. The zero-order valence-electron chi connectivity index (χ0n) is 9.14. The second kappa shape index (κ2) is 5.38. The Morgan fingerprint density at radius 3 is 2.72 bits per heavy atom. The van der Waals surface area contributed by atoms with E-state index in [2.05, 4.69) is 4.98 Å². The van der Waals surface area contributed by atoms with Crippen molar-refractivity contribution in [3.05, 3.63) is 22.1 Å². The van der Waals surface area contributed by atoms with E-state index in [1.165, 1.54) is 0 Å². The van der Waals surface area contributed by atoms with Crippen molar-refractivity contribution in [2.75, 3.05) is 5.32 Å². The van der Waals surface area contributed by atoms with Gasteiger partial charge in [-0.25, -0.2) is 4.98 Å². The number of rotatable bonds is 3. The van der Waals surface area contributed by atoms with Gasteiger partial charge in [0.15, 0.2) is 5.69 Å². The van der Waals surface area contributed by atoms with Gasteiger partial charge >= 0.3 is 6.18 Å². The van der Waals surface area contributed by atoms with E-state index in [1.54, 1.807) is 6.92 Å². The molecule has 1 atom stereocenters. The summed E-state index contributed by atoms with van der Waals surface area (Å²) in [5.74, 6) is -1.32. The number of hydrogen-bond donors (Lipinski definition) is 2. The summed E-state index contributed by atoms with van der Waals surface area (Å²) in [5, 5.41) is 1.10. The molecule has 1 amide bonds. The van der Waals surface area contributed by atoms with Gasteiger partial charge in [-0.2, -0.15) is 13.2 Å². The minimum Gasteiger partial charge on any atom is -0.295 e. The lowest BCUT2D eigenvalue weighted by molar-refractivity contribution is -0.141. The largest absolute Gasteiger partial charge is 0.433 e. The van der Waals surface area contributed by atoms with E-state index in [-0.39, 0.29) is 6.42 Å². The second-order valence-electron chi connectivity index (χ2n) is 3.34. The quantitative estimate of drug-likeness (QED) is 0.830. The Hall–Kier alpha value is -1.57. The highest BCUT2D eigenvalue weighted by molar-refractivity contribution is 6.32. The topological polar surface area (TPSA) is 74.8 Å². The van der Waals surface area contributed by atoms with Crippen LogP contribution in [-0.4, -0.2) is 21.3 Å². The van der Waals surface area contributed by atoms with Crippen LogP contribution in [0.4, 0.5) is 19.1 Å². The Balaban J connectivity index is 3.01. The van der Waals surface area contributed by atoms with Crippen LogP contribution in [0.1, 0.15) is 19.0 Å². The van der Waals surface area contributed by atoms with Crippen molar-refractivity contribution < 1.29 is 18.0 Å². The zero-order valence-corrected chi connectivity index (χ0v) is 9.89. The van der Waals surface area contributed by atoms with E-state index in [1.807, 2.05) is 10.3 Å². The summed E-state index contributed by atoms with van der Waals surface area (Å²) in [4.78, 5) is 27.4. The minimum atomic E-state index is -4.77. The summed E-state index contributed by atoms with van der Waals surface area (Å²) < 4.78 is 37.1. The van der Waals surface area contributed by atoms with Gasteiger partial charge in [0.25, 0.3) is 5.56 Å². The first-order valence-corrected chi connectivity index (χ1v) is 5.31. The summed E-state index contributed by atoms with van der Waals surface area (Å²) in [7, 11) is 0. The van der Waals surface area contributed by atoms with Crippen LogP contribution in [-0.2, 0) is 11.0 Å². The standard InChI is InChI=1S/C9H9ClF3N3O2/c1-2-4(10)7(18)16-8-14-5(9(11,12)13)3-6(17)15-8/h3-4H,2H2,1H3,(H2,14,15,16,17,18). The highest BCUT2D eigenvalue weighted by Crippen LogP contribution is 2.26. The molecular formula is C9H9ClF3N3O2. The van der Waals surface area contributed by atoms with Crippen molar-refractivity contribution in [3.63, 3.8) is 0 Å². The SMILES string of the molecule is CCC(Cl)C(=O)Nc1nc(C(F)(F)F)cc(=O)[nH]1. The molecule has 1 aromatic heterocycles. The molecule has 18 heavy (non-hydrogen) atoms. The predicted molar refractivity (Wildman–Crippen MR) is 58.4 cm³/mol. The van der Waals surface area contributed by atoms with E-state index in [9.17, 15) is 22.8 Å². The third kappa shape index (κ3) is 3.73. The molecule has 5 nitrogen and oxygen atoms in total. The summed E-state index contributed by atoms with van der Waals surface area (Å²) in [6.45, 7) is 1.62. The molecule has 0 aliphatic heterocycles. The van der Waals surface area contributed by atoms with Gasteiger partial charge < -0.3 is 0 Å². The molecule has 0 radical (unpaired) electrons. The summed E-state index contributed by atoms with van der Waals surface area (Å²) in [6, 6.07) is 0.299. The first kappa shape index (κ1) is 14.5. The number of aromatic amines is 1. The number of carbonyl (C=O) groups is 1. The fraction of sp³-hybridized carbons (Fsp3) is 0.444. The maximum atomic E-state index is 12.4.